The van der Waals surface area contributed by atoms with E-state index < -0.39 is 0 Å². The molecule has 0 aliphatic heterocycles. The lowest BCUT2D eigenvalue weighted by atomic mass is 9.93. The molecule has 2 nitrogen and oxygen atoms in total. The highest BCUT2D eigenvalue weighted by Gasteiger charge is 2.17. The maximum atomic E-state index is 4.34. The minimum atomic E-state index is 0. The van der Waals surface area contributed by atoms with Crippen LogP contribution in [0.5, 0.6) is 0 Å². The second-order valence-electron chi connectivity index (χ2n) is 3.07. The van der Waals surface area contributed by atoms with E-state index in [1.165, 1.54) is 19.3 Å². The van der Waals surface area contributed by atoms with Crippen LogP contribution < -0.4 is 5.32 Å². The molecule has 3 heteroatoms. The zero-order valence-electron chi connectivity index (χ0n) is 6.63. The fourth-order valence-electron chi connectivity index (χ4n) is 1.15. The maximum absolute atomic E-state index is 4.34. The van der Waals surface area contributed by atoms with Gasteiger partial charge in [-0.25, -0.2) is 4.98 Å². The molecule has 0 aromatic carbocycles. The zero-order valence-corrected chi connectivity index (χ0v) is 7.45. The van der Waals surface area contributed by atoms with Crippen molar-refractivity contribution in [3.8, 4) is 0 Å². The first-order chi connectivity index (χ1) is 5.34. The summed E-state index contributed by atoms with van der Waals surface area (Å²) >= 11 is 1.70. The summed E-state index contributed by atoms with van der Waals surface area (Å²) in [5, 5.41) is 6.58. The highest BCUT2D eigenvalue weighted by molar-refractivity contribution is 7.13. The molecule has 1 heterocycles. The van der Waals surface area contributed by atoms with Gasteiger partial charge in [-0.3, -0.25) is 0 Å². The highest BCUT2D eigenvalue weighted by Crippen LogP contribution is 2.24. The number of hydrogen-bond acceptors (Lipinski definition) is 3. The largest absolute Gasteiger partial charge is 0.359 e. The summed E-state index contributed by atoms with van der Waals surface area (Å²) < 4.78 is 0. The summed E-state index contributed by atoms with van der Waals surface area (Å²) in [4.78, 5) is 4.34. The molecule has 0 spiro atoms. The monoisotopic (exact) mass is 170 g/mol. The third-order valence-electron chi connectivity index (χ3n) is 2.05. The Bertz CT molecular complexity index is 245. The van der Waals surface area contributed by atoms with E-state index in [1.54, 1.807) is 11.3 Å². The van der Waals surface area contributed by atoms with Crippen LogP contribution in [0.1, 0.15) is 26.4 Å². The molecule has 1 saturated carbocycles. The van der Waals surface area contributed by atoms with Gasteiger partial charge in [0.25, 0.3) is 0 Å². The predicted octanol–water partition coefficient (Wildman–Crippen LogP) is 2.66. The number of aryl methyl sites for hydroxylation is 1. The van der Waals surface area contributed by atoms with Gasteiger partial charge in [-0.05, 0) is 26.2 Å². The van der Waals surface area contributed by atoms with Gasteiger partial charge in [0.1, 0.15) is 0 Å². The quantitative estimate of drug-likeness (QED) is 0.738. The molecule has 1 N–H and O–H groups in total. The van der Waals surface area contributed by atoms with Crippen molar-refractivity contribution in [2.75, 3.05) is 5.32 Å². The topological polar surface area (TPSA) is 24.9 Å². The molecule has 11 heavy (non-hydrogen) atoms. The molecule has 0 saturated heterocycles. The van der Waals surface area contributed by atoms with Crippen molar-refractivity contribution in [3.63, 3.8) is 0 Å². The fraction of sp³-hybridized carbons (Fsp3) is 0.625. The maximum Gasteiger partial charge on any atom is 0.183 e. The second-order valence-corrected chi connectivity index (χ2v) is 3.92. The Hall–Kier alpha value is -0.570. The molecule has 0 unspecified atom stereocenters. The van der Waals surface area contributed by atoms with Gasteiger partial charge in [-0.1, -0.05) is 0 Å². The number of nitrogens with zero attached hydrogens (tertiary/aromatic N) is 1. The van der Waals surface area contributed by atoms with Gasteiger partial charge < -0.3 is 5.32 Å². The van der Waals surface area contributed by atoms with E-state index in [0.29, 0.717) is 6.04 Å². The lowest BCUT2D eigenvalue weighted by Crippen LogP contribution is -2.26. The summed E-state index contributed by atoms with van der Waals surface area (Å²) in [6.07, 6.45) is 4.01. The highest BCUT2D eigenvalue weighted by atomic mass is 32.1. The van der Waals surface area contributed by atoms with Crippen molar-refractivity contribution in [1.82, 2.24) is 4.98 Å². The van der Waals surface area contributed by atoms with Gasteiger partial charge in [0.05, 0.1) is 5.69 Å². The Morgan fingerprint density at radius 3 is 3.00 bits per heavy atom. The van der Waals surface area contributed by atoms with Gasteiger partial charge in [-0.15, -0.1) is 11.3 Å². The predicted molar refractivity (Wildman–Crippen MR) is 50.2 cm³/mol. The zero-order chi connectivity index (χ0) is 7.68. The van der Waals surface area contributed by atoms with Crippen LogP contribution in [0.15, 0.2) is 5.38 Å². The molecule has 1 fully saturated rings. The normalized spacial score (nSPS) is 17.9. The number of thiazole rings is 1. The van der Waals surface area contributed by atoms with Crippen LogP contribution in [-0.2, 0) is 0 Å². The molecule has 62 valence electrons. The summed E-state index contributed by atoms with van der Waals surface area (Å²) in [5.41, 5.74) is 1.12. The lowest BCUT2D eigenvalue weighted by molar-refractivity contribution is 0.445. The molecular weight excluding hydrogens is 156 g/mol. The number of aromatic nitrogens is 1. The number of anilines is 1. The third-order valence-corrected chi connectivity index (χ3v) is 2.94. The SMILES string of the molecule is Cc1csc(NC2CCC2)n1.[HH]. The number of nitrogens with one attached hydrogen (secondary N) is 1. The first-order valence-corrected chi connectivity index (χ1v) is 4.91. The minimum Gasteiger partial charge on any atom is -0.359 e. The van der Waals surface area contributed by atoms with E-state index in [4.69, 9.17) is 0 Å². The van der Waals surface area contributed by atoms with Crippen LogP contribution in [0.3, 0.4) is 0 Å². The number of rotatable bonds is 2. The van der Waals surface area contributed by atoms with Crippen molar-refractivity contribution < 1.29 is 1.43 Å². The molecule has 1 aliphatic rings. The van der Waals surface area contributed by atoms with Crippen LogP contribution in [0.25, 0.3) is 0 Å². The van der Waals surface area contributed by atoms with E-state index >= 15 is 0 Å². The van der Waals surface area contributed by atoms with Gasteiger partial charge in [0, 0.05) is 12.8 Å². The summed E-state index contributed by atoms with van der Waals surface area (Å²) in [6, 6.07) is 0.709. The molecule has 1 aromatic heterocycles. The van der Waals surface area contributed by atoms with E-state index in [2.05, 4.69) is 15.7 Å². The Morgan fingerprint density at radius 2 is 2.55 bits per heavy atom. The van der Waals surface area contributed by atoms with E-state index in [1.807, 2.05) is 6.92 Å². The average Bonchev–Trinajstić information content (AvgIpc) is 2.27. The summed E-state index contributed by atoms with van der Waals surface area (Å²) in [5.74, 6) is 0. The molecule has 1 aromatic rings. The van der Waals surface area contributed by atoms with Crippen LogP contribution in [0.2, 0.25) is 0 Å². The number of hydrogen-bond donors (Lipinski definition) is 1. The van der Waals surface area contributed by atoms with Crippen molar-refractivity contribution >= 4 is 16.5 Å². The summed E-state index contributed by atoms with van der Waals surface area (Å²) in [7, 11) is 0. The van der Waals surface area contributed by atoms with Crippen LogP contribution >= 0.6 is 11.3 Å². The summed E-state index contributed by atoms with van der Waals surface area (Å²) in [6.45, 7) is 2.03. The molecule has 2 rings (SSSR count). The van der Waals surface area contributed by atoms with Gasteiger partial charge in [0.15, 0.2) is 5.13 Å². The molecule has 0 atom stereocenters. The lowest BCUT2D eigenvalue weighted by Gasteiger charge is -2.25. The second kappa shape index (κ2) is 2.81. The molecule has 1 aliphatic carbocycles. The van der Waals surface area contributed by atoms with Gasteiger partial charge in [-0.2, -0.15) is 0 Å². The molecule has 0 amide bonds. The van der Waals surface area contributed by atoms with E-state index in [9.17, 15) is 0 Å². The Labute approximate surface area is 72.1 Å². The van der Waals surface area contributed by atoms with E-state index in [0.717, 1.165) is 10.8 Å². The van der Waals surface area contributed by atoms with Gasteiger partial charge in [0.2, 0.25) is 0 Å². The smallest absolute Gasteiger partial charge is 0.183 e. The molecule has 0 radical (unpaired) electrons. The average molecular weight is 170 g/mol. The van der Waals surface area contributed by atoms with Crippen molar-refractivity contribution in [2.24, 2.45) is 0 Å². The third kappa shape index (κ3) is 1.53. The first kappa shape index (κ1) is 7.10. The van der Waals surface area contributed by atoms with Crippen molar-refractivity contribution in [1.29, 1.82) is 0 Å². The Kier molecular flexibility index (Phi) is 1.82. The van der Waals surface area contributed by atoms with Gasteiger partial charge >= 0.3 is 0 Å². The van der Waals surface area contributed by atoms with Crippen molar-refractivity contribution in [3.05, 3.63) is 11.1 Å². The minimum absolute atomic E-state index is 0. The van der Waals surface area contributed by atoms with Crippen LogP contribution in [-0.4, -0.2) is 11.0 Å². The van der Waals surface area contributed by atoms with Crippen LogP contribution in [0, 0.1) is 6.92 Å². The first-order valence-electron chi connectivity index (χ1n) is 4.03. The fourth-order valence-corrected chi connectivity index (χ4v) is 1.91. The Morgan fingerprint density at radius 1 is 1.73 bits per heavy atom. The molecule has 0 bridgehead atoms. The van der Waals surface area contributed by atoms with Crippen molar-refractivity contribution in [2.45, 2.75) is 32.2 Å². The standard InChI is InChI=1S/C8H12N2S.H2/c1-6-5-11-8(9-6)10-7-3-2-4-7;/h5,7H,2-4H2,1H3,(H,9,10);1H. The van der Waals surface area contributed by atoms with Crippen LogP contribution in [0.4, 0.5) is 5.13 Å². The van der Waals surface area contributed by atoms with E-state index in [-0.39, 0.29) is 1.43 Å². The molecular formula is C8H14N2S. The Balaban J connectivity index is 0.000000720.